The highest BCUT2D eigenvalue weighted by Crippen LogP contribution is 2.41. The third-order valence-corrected chi connectivity index (χ3v) is 4.90. The van der Waals surface area contributed by atoms with E-state index in [4.69, 9.17) is 14.2 Å². The number of hydrogen-bond acceptors (Lipinski definition) is 6. The molecule has 27 heavy (non-hydrogen) atoms. The molecular weight excluding hydrogens is 352 g/mol. The van der Waals surface area contributed by atoms with Gasteiger partial charge in [0.15, 0.2) is 11.5 Å². The molecule has 1 aromatic carbocycles. The van der Waals surface area contributed by atoms with Gasteiger partial charge < -0.3 is 30.0 Å². The van der Waals surface area contributed by atoms with Crippen LogP contribution in [0, 0.1) is 0 Å². The van der Waals surface area contributed by atoms with Crippen molar-refractivity contribution in [2.45, 2.75) is 44.8 Å². The lowest BCUT2D eigenvalue weighted by molar-refractivity contribution is -0.144. The maximum atomic E-state index is 12.8. The number of esters is 1. The molecule has 1 heterocycles. The van der Waals surface area contributed by atoms with E-state index in [0.717, 1.165) is 25.7 Å². The van der Waals surface area contributed by atoms with Gasteiger partial charge in [-0.3, -0.25) is 0 Å². The van der Waals surface area contributed by atoms with Crippen molar-refractivity contribution in [3.63, 3.8) is 0 Å². The molecule has 1 saturated carbocycles. The quantitative estimate of drug-likeness (QED) is 0.682. The second kappa shape index (κ2) is 7.77. The Morgan fingerprint density at radius 3 is 2.30 bits per heavy atom. The minimum Gasteiger partial charge on any atom is -0.502 e. The number of ether oxygens (including phenoxy) is 3. The lowest BCUT2D eigenvalue weighted by Crippen LogP contribution is -2.45. The van der Waals surface area contributed by atoms with Crippen LogP contribution >= 0.6 is 0 Å². The number of aromatic hydroxyl groups is 1. The van der Waals surface area contributed by atoms with E-state index in [9.17, 15) is 14.7 Å². The first-order valence-corrected chi connectivity index (χ1v) is 8.88. The summed E-state index contributed by atoms with van der Waals surface area (Å²) in [6.45, 7) is 1.66. The second-order valence-corrected chi connectivity index (χ2v) is 6.66. The molecule has 2 amide bonds. The van der Waals surface area contributed by atoms with Crippen LogP contribution in [-0.4, -0.2) is 37.4 Å². The molecule has 3 rings (SSSR count). The van der Waals surface area contributed by atoms with Gasteiger partial charge in [-0.05, 0) is 50.3 Å². The fourth-order valence-electron chi connectivity index (χ4n) is 3.52. The molecule has 2 aliphatic rings. The Kier molecular flexibility index (Phi) is 5.43. The number of urea groups is 1. The van der Waals surface area contributed by atoms with E-state index in [1.54, 1.807) is 19.1 Å². The lowest BCUT2D eigenvalue weighted by Gasteiger charge is -2.29. The van der Waals surface area contributed by atoms with Gasteiger partial charge in [0.2, 0.25) is 5.75 Å². The summed E-state index contributed by atoms with van der Waals surface area (Å²) < 4.78 is 16.0. The van der Waals surface area contributed by atoms with Gasteiger partial charge in [-0.25, -0.2) is 9.59 Å². The van der Waals surface area contributed by atoms with Gasteiger partial charge in [0.05, 0.1) is 25.8 Å². The predicted octanol–water partition coefficient (Wildman–Crippen LogP) is 2.52. The van der Waals surface area contributed by atoms with Crippen LogP contribution in [0.3, 0.4) is 0 Å². The van der Waals surface area contributed by atoms with E-state index >= 15 is 0 Å². The number of phenolic OH excluding ortho intramolecular Hbond substituents is 1. The number of hydrogen-bond donors (Lipinski definition) is 3. The molecule has 1 aliphatic heterocycles. The van der Waals surface area contributed by atoms with Gasteiger partial charge in [0.25, 0.3) is 0 Å². The maximum absolute atomic E-state index is 12.8. The Hall–Kier alpha value is -2.90. The normalized spacial score (nSPS) is 20.1. The summed E-state index contributed by atoms with van der Waals surface area (Å²) in [5, 5.41) is 15.5. The van der Waals surface area contributed by atoms with Crippen molar-refractivity contribution in [2.24, 2.45) is 0 Å². The predicted molar refractivity (Wildman–Crippen MR) is 96.7 cm³/mol. The monoisotopic (exact) mass is 376 g/mol. The number of rotatable bonds is 5. The van der Waals surface area contributed by atoms with E-state index in [-0.39, 0.29) is 23.4 Å². The fraction of sp³-hybridized carbons (Fsp3) is 0.474. The van der Waals surface area contributed by atoms with E-state index in [1.165, 1.54) is 14.2 Å². The molecule has 0 aromatic heterocycles. The zero-order valence-electron chi connectivity index (χ0n) is 15.6. The van der Waals surface area contributed by atoms with Gasteiger partial charge >= 0.3 is 12.0 Å². The molecule has 0 bridgehead atoms. The van der Waals surface area contributed by atoms with Crippen molar-refractivity contribution in [2.75, 3.05) is 14.2 Å². The average molecular weight is 376 g/mol. The number of amides is 2. The number of allylic oxidation sites excluding steroid dienone is 1. The first-order valence-electron chi connectivity index (χ1n) is 8.88. The highest BCUT2D eigenvalue weighted by Gasteiger charge is 2.34. The molecule has 0 radical (unpaired) electrons. The number of carbonyl (C=O) groups is 2. The number of methoxy groups -OCH3 is 2. The van der Waals surface area contributed by atoms with Crippen molar-refractivity contribution in [1.82, 2.24) is 10.6 Å². The topological polar surface area (TPSA) is 106 Å². The fourth-order valence-corrected chi connectivity index (χ4v) is 3.52. The third-order valence-electron chi connectivity index (χ3n) is 4.90. The standard InChI is InChI=1S/C19H24N2O6/c1-10-15(18(23)27-12-6-4-5-7-12)16(21-19(24)20-10)11-8-13(25-2)17(22)14(9-11)26-3/h8-9,12,16,22H,4-7H2,1-3H3,(H2,20,21,24)/t16-/m1/s1. The summed E-state index contributed by atoms with van der Waals surface area (Å²) in [5.74, 6) is -0.265. The third kappa shape index (κ3) is 3.79. The minimum absolute atomic E-state index is 0.0973. The van der Waals surface area contributed by atoms with Gasteiger partial charge in [0.1, 0.15) is 6.10 Å². The van der Waals surface area contributed by atoms with E-state index in [1.807, 2.05) is 0 Å². The van der Waals surface area contributed by atoms with Gasteiger partial charge in [-0.1, -0.05) is 0 Å². The molecule has 1 fully saturated rings. The molecule has 0 saturated heterocycles. The summed E-state index contributed by atoms with van der Waals surface area (Å²) in [6, 6.07) is 1.94. The molecular formula is C19H24N2O6. The zero-order chi connectivity index (χ0) is 19.6. The molecule has 8 nitrogen and oxygen atoms in total. The van der Waals surface area contributed by atoms with Crippen LogP contribution in [-0.2, 0) is 9.53 Å². The lowest BCUT2D eigenvalue weighted by atomic mass is 9.95. The van der Waals surface area contributed by atoms with Crippen molar-refractivity contribution in [3.05, 3.63) is 29.0 Å². The number of nitrogens with one attached hydrogen (secondary N) is 2. The highest BCUT2D eigenvalue weighted by atomic mass is 16.5. The van der Waals surface area contributed by atoms with E-state index < -0.39 is 18.0 Å². The average Bonchev–Trinajstić information content (AvgIpc) is 3.14. The summed E-state index contributed by atoms with van der Waals surface area (Å²) >= 11 is 0. The van der Waals surface area contributed by atoms with E-state index in [0.29, 0.717) is 16.8 Å². The Morgan fingerprint density at radius 1 is 1.15 bits per heavy atom. The van der Waals surface area contributed by atoms with Crippen LogP contribution < -0.4 is 20.1 Å². The SMILES string of the molecule is COc1cc([C@H]2NC(=O)NC(C)=C2C(=O)OC2CCCC2)cc(OC)c1O. The molecule has 8 heteroatoms. The molecule has 1 aliphatic carbocycles. The molecule has 3 N–H and O–H groups in total. The van der Waals surface area contributed by atoms with Crippen LogP contribution in [0.4, 0.5) is 4.79 Å². The van der Waals surface area contributed by atoms with Crippen molar-refractivity contribution in [3.8, 4) is 17.2 Å². The van der Waals surface area contributed by atoms with Crippen LogP contribution in [0.5, 0.6) is 17.2 Å². The van der Waals surface area contributed by atoms with Crippen LogP contribution in [0.15, 0.2) is 23.4 Å². The maximum Gasteiger partial charge on any atom is 0.338 e. The molecule has 0 spiro atoms. The van der Waals surface area contributed by atoms with Crippen molar-refractivity contribution in [1.29, 1.82) is 0 Å². The summed E-state index contributed by atoms with van der Waals surface area (Å²) in [7, 11) is 2.82. The van der Waals surface area contributed by atoms with Gasteiger partial charge in [-0.2, -0.15) is 0 Å². The number of carbonyl (C=O) groups excluding carboxylic acids is 2. The van der Waals surface area contributed by atoms with Gasteiger partial charge in [-0.15, -0.1) is 0 Å². The van der Waals surface area contributed by atoms with Crippen molar-refractivity contribution >= 4 is 12.0 Å². The molecule has 1 aromatic rings. The Morgan fingerprint density at radius 2 is 1.74 bits per heavy atom. The Balaban J connectivity index is 1.99. The first-order chi connectivity index (χ1) is 12.9. The second-order valence-electron chi connectivity index (χ2n) is 6.66. The summed E-state index contributed by atoms with van der Waals surface area (Å²) in [6.07, 6.45) is 3.69. The Labute approximate surface area is 157 Å². The number of phenols is 1. The first kappa shape index (κ1) is 18.9. The summed E-state index contributed by atoms with van der Waals surface area (Å²) in [4.78, 5) is 24.9. The highest BCUT2D eigenvalue weighted by molar-refractivity contribution is 5.95. The van der Waals surface area contributed by atoms with Crippen molar-refractivity contribution < 1.29 is 28.9 Å². The minimum atomic E-state index is -0.754. The Bertz CT molecular complexity index is 757. The summed E-state index contributed by atoms with van der Waals surface area (Å²) in [5.41, 5.74) is 1.28. The number of benzene rings is 1. The van der Waals surface area contributed by atoms with Crippen LogP contribution in [0.1, 0.15) is 44.2 Å². The van der Waals surface area contributed by atoms with Crippen LogP contribution in [0.2, 0.25) is 0 Å². The van der Waals surface area contributed by atoms with E-state index in [2.05, 4.69) is 10.6 Å². The molecule has 146 valence electrons. The smallest absolute Gasteiger partial charge is 0.338 e. The zero-order valence-corrected chi connectivity index (χ0v) is 15.6. The molecule has 1 atom stereocenters. The largest absolute Gasteiger partial charge is 0.502 e. The van der Waals surface area contributed by atoms with Crippen LogP contribution in [0.25, 0.3) is 0 Å². The molecule has 0 unspecified atom stereocenters. The van der Waals surface area contributed by atoms with Gasteiger partial charge in [0, 0.05) is 5.70 Å².